The molecule has 0 bridgehead atoms. The molecule has 0 saturated carbocycles. The van der Waals surface area contributed by atoms with Gasteiger partial charge in [0, 0.05) is 10.6 Å². The lowest BCUT2D eigenvalue weighted by atomic mass is 9.91. The molecule has 5 heteroatoms. The molecule has 0 aliphatic rings. The van der Waals surface area contributed by atoms with Gasteiger partial charge in [0.25, 0.3) is 0 Å². The number of hydrogen-bond donors (Lipinski definition) is 1. The van der Waals surface area contributed by atoms with Gasteiger partial charge in [0.1, 0.15) is 5.82 Å². The molecule has 0 heterocycles. The van der Waals surface area contributed by atoms with Crippen molar-refractivity contribution in [2.75, 3.05) is 12.3 Å². The van der Waals surface area contributed by atoms with E-state index >= 15 is 0 Å². The Morgan fingerprint density at radius 2 is 2.12 bits per heavy atom. The lowest BCUT2D eigenvalue weighted by Crippen LogP contribution is -2.25. The van der Waals surface area contributed by atoms with E-state index in [1.807, 2.05) is 13.8 Å². The summed E-state index contributed by atoms with van der Waals surface area (Å²) in [5.41, 5.74) is 5.58. The molecule has 2 N–H and O–H groups in total. The van der Waals surface area contributed by atoms with E-state index in [9.17, 15) is 8.60 Å². The third-order valence-corrected chi connectivity index (χ3v) is 4.32. The highest BCUT2D eigenvalue weighted by Crippen LogP contribution is 2.22. The predicted molar refractivity (Wildman–Crippen MR) is 70.1 cm³/mol. The van der Waals surface area contributed by atoms with E-state index in [-0.39, 0.29) is 10.4 Å². The van der Waals surface area contributed by atoms with Crippen LogP contribution in [0.4, 0.5) is 4.39 Å². The first-order chi connectivity index (χ1) is 7.85. The average molecular weight is 278 g/mol. The number of hydrogen-bond acceptors (Lipinski definition) is 2. The first-order valence-electron chi connectivity index (χ1n) is 5.39. The number of benzene rings is 1. The maximum atomic E-state index is 12.9. The van der Waals surface area contributed by atoms with Gasteiger partial charge in [-0.1, -0.05) is 25.4 Å². The maximum absolute atomic E-state index is 12.9. The van der Waals surface area contributed by atoms with Crippen LogP contribution in [0.3, 0.4) is 0 Å². The second-order valence-electron chi connectivity index (χ2n) is 4.74. The molecule has 0 radical (unpaired) electrons. The Balaban J connectivity index is 2.68. The zero-order valence-electron chi connectivity index (χ0n) is 10.0. The van der Waals surface area contributed by atoms with Crippen molar-refractivity contribution in [3.05, 3.63) is 29.0 Å². The minimum atomic E-state index is -1.16. The van der Waals surface area contributed by atoms with E-state index in [0.717, 1.165) is 6.42 Å². The van der Waals surface area contributed by atoms with Crippen molar-refractivity contribution in [2.24, 2.45) is 11.1 Å². The molecule has 0 fully saturated rings. The normalized spacial score (nSPS) is 13.7. The van der Waals surface area contributed by atoms with Crippen LogP contribution in [0, 0.1) is 11.2 Å². The molecule has 1 aromatic rings. The Bertz CT molecular complexity index is 423. The summed E-state index contributed by atoms with van der Waals surface area (Å²) in [5, 5.41) is 0.00827. The van der Waals surface area contributed by atoms with Crippen molar-refractivity contribution in [3.63, 3.8) is 0 Å². The maximum Gasteiger partial charge on any atom is 0.141 e. The standard InChI is InChI=1S/C12H17ClFNOS/c1-12(2,8-15)5-6-17(16)9-3-4-11(14)10(13)7-9/h3-4,7H,5-6,8,15H2,1-2H3. The van der Waals surface area contributed by atoms with Crippen molar-refractivity contribution < 1.29 is 8.60 Å². The van der Waals surface area contributed by atoms with Gasteiger partial charge in [-0.3, -0.25) is 4.21 Å². The van der Waals surface area contributed by atoms with Crippen molar-refractivity contribution in [2.45, 2.75) is 25.2 Å². The zero-order valence-corrected chi connectivity index (χ0v) is 11.6. The molecule has 0 saturated heterocycles. The second kappa shape index (κ2) is 5.94. The molecule has 1 unspecified atom stereocenters. The van der Waals surface area contributed by atoms with Crippen LogP contribution in [0.25, 0.3) is 0 Å². The largest absolute Gasteiger partial charge is 0.330 e. The third kappa shape index (κ3) is 4.37. The van der Waals surface area contributed by atoms with Gasteiger partial charge >= 0.3 is 0 Å². The van der Waals surface area contributed by atoms with Gasteiger partial charge in [0.05, 0.1) is 15.8 Å². The lowest BCUT2D eigenvalue weighted by molar-refractivity contribution is 0.367. The van der Waals surface area contributed by atoms with E-state index in [4.69, 9.17) is 17.3 Å². The fourth-order valence-corrected chi connectivity index (χ4v) is 2.90. The monoisotopic (exact) mass is 277 g/mol. The van der Waals surface area contributed by atoms with Gasteiger partial charge in [0.2, 0.25) is 0 Å². The Morgan fingerprint density at radius 1 is 1.47 bits per heavy atom. The van der Waals surface area contributed by atoms with Crippen LogP contribution in [-0.2, 0) is 10.8 Å². The molecule has 1 aromatic carbocycles. The van der Waals surface area contributed by atoms with E-state index in [2.05, 4.69) is 0 Å². The molecular weight excluding hydrogens is 261 g/mol. The number of halogens is 2. The Morgan fingerprint density at radius 3 is 2.65 bits per heavy atom. The molecular formula is C12H17ClFNOS. The van der Waals surface area contributed by atoms with Gasteiger partial charge in [-0.15, -0.1) is 0 Å². The highest BCUT2D eigenvalue weighted by molar-refractivity contribution is 7.85. The molecule has 0 spiro atoms. The van der Waals surface area contributed by atoms with Crippen LogP contribution in [-0.4, -0.2) is 16.5 Å². The average Bonchev–Trinajstić information content (AvgIpc) is 2.30. The van der Waals surface area contributed by atoms with E-state index in [0.29, 0.717) is 17.2 Å². The zero-order chi connectivity index (χ0) is 13.1. The quantitative estimate of drug-likeness (QED) is 0.899. The van der Waals surface area contributed by atoms with E-state index in [1.165, 1.54) is 18.2 Å². The molecule has 0 amide bonds. The predicted octanol–water partition coefficient (Wildman–Crippen LogP) is 2.96. The molecule has 17 heavy (non-hydrogen) atoms. The lowest BCUT2D eigenvalue weighted by Gasteiger charge is -2.21. The summed E-state index contributed by atoms with van der Waals surface area (Å²) in [4.78, 5) is 0.559. The first-order valence-corrected chi connectivity index (χ1v) is 7.09. The van der Waals surface area contributed by atoms with Crippen molar-refractivity contribution in [1.82, 2.24) is 0 Å². The molecule has 2 nitrogen and oxygen atoms in total. The van der Waals surface area contributed by atoms with Gasteiger partial charge in [-0.25, -0.2) is 4.39 Å². The highest BCUT2D eigenvalue weighted by atomic mass is 35.5. The molecule has 1 atom stereocenters. The summed E-state index contributed by atoms with van der Waals surface area (Å²) in [5.74, 6) is 0.0151. The SMILES string of the molecule is CC(C)(CN)CCS(=O)c1ccc(F)c(Cl)c1. The van der Waals surface area contributed by atoms with Crippen LogP contribution in [0.15, 0.2) is 23.1 Å². The number of rotatable bonds is 5. The Labute approximate surface area is 109 Å². The minimum Gasteiger partial charge on any atom is -0.330 e. The fourth-order valence-electron chi connectivity index (χ4n) is 1.21. The molecule has 96 valence electrons. The summed E-state index contributed by atoms with van der Waals surface area (Å²) in [6.45, 7) is 4.61. The highest BCUT2D eigenvalue weighted by Gasteiger charge is 2.17. The summed E-state index contributed by atoms with van der Waals surface area (Å²) in [6, 6.07) is 4.17. The number of nitrogens with two attached hydrogens (primary N) is 1. The van der Waals surface area contributed by atoms with Crippen LogP contribution in [0.1, 0.15) is 20.3 Å². The third-order valence-electron chi connectivity index (χ3n) is 2.67. The Kier molecular flexibility index (Phi) is 5.10. The summed E-state index contributed by atoms with van der Waals surface area (Å²) in [6.07, 6.45) is 0.755. The smallest absolute Gasteiger partial charge is 0.141 e. The Hall–Kier alpha value is -0.450. The summed E-state index contributed by atoms with van der Waals surface area (Å²) >= 11 is 5.65. The van der Waals surface area contributed by atoms with Gasteiger partial charge in [-0.2, -0.15) is 0 Å². The van der Waals surface area contributed by atoms with Gasteiger partial charge < -0.3 is 5.73 Å². The van der Waals surface area contributed by atoms with Crippen LogP contribution >= 0.6 is 11.6 Å². The van der Waals surface area contributed by atoms with E-state index < -0.39 is 16.6 Å². The van der Waals surface area contributed by atoms with Crippen LogP contribution < -0.4 is 5.73 Å². The summed E-state index contributed by atoms with van der Waals surface area (Å²) < 4.78 is 24.9. The van der Waals surface area contributed by atoms with Crippen molar-refractivity contribution in [1.29, 1.82) is 0 Å². The molecule has 1 rings (SSSR count). The molecule has 0 aliphatic heterocycles. The molecule has 0 aliphatic carbocycles. The van der Waals surface area contributed by atoms with Gasteiger partial charge in [-0.05, 0) is 36.6 Å². The topological polar surface area (TPSA) is 43.1 Å². The van der Waals surface area contributed by atoms with E-state index in [1.54, 1.807) is 0 Å². The second-order valence-corrected chi connectivity index (χ2v) is 6.72. The van der Waals surface area contributed by atoms with Crippen LogP contribution in [0.5, 0.6) is 0 Å². The first kappa shape index (κ1) is 14.6. The van der Waals surface area contributed by atoms with Crippen molar-refractivity contribution in [3.8, 4) is 0 Å². The fraction of sp³-hybridized carbons (Fsp3) is 0.500. The van der Waals surface area contributed by atoms with Gasteiger partial charge in [0.15, 0.2) is 0 Å². The van der Waals surface area contributed by atoms with Crippen molar-refractivity contribution >= 4 is 22.4 Å². The van der Waals surface area contributed by atoms with Crippen LogP contribution in [0.2, 0.25) is 5.02 Å². The molecule has 0 aromatic heterocycles. The minimum absolute atomic E-state index is 0.00827. The summed E-state index contributed by atoms with van der Waals surface area (Å²) in [7, 11) is -1.16.